The number of benzene rings is 2. The van der Waals surface area contributed by atoms with E-state index in [2.05, 4.69) is 15.9 Å². The lowest BCUT2D eigenvalue weighted by Gasteiger charge is -2.10. The van der Waals surface area contributed by atoms with Gasteiger partial charge in [-0.05, 0) is 24.3 Å². The summed E-state index contributed by atoms with van der Waals surface area (Å²) in [6, 6.07) is 10.9. The third-order valence-electron chi connectivity index (χ3n) is 2.51. The monoisotopic (exact) mass is 324 g/mol. The number of aromatic carboxylic acids is 1. The highest BCUT2D eigenvalue weighted by molar-refractivity contribution is 9.10. The van der Waals surface area contributed by atoms with Crippen LogP contribution in [0.4, 0.5) is 4.39 Å². The van der Waals surface area contributed by atoms with E-state index in [1.165, 1.54) is 12.1 Å². The van der Waals surface area contributed by atoms with Gasteiger partial charge in [-0.2, -0.15) is 0 Å². The standard InChI is InChI=1S/C14H10BrFO3/c15-12-4-2-1-3-9(12)8-19-13-6-5-10(16)7-11(13)14(17)18/h1-7H,8H2,(H,17,18). The molecule has 2 aromatic carbocycles. The number of halogens is 2. The van der Waals surface area contributed by atoms with Gasteiger partial charge in [0.05, 0.1) is 0 Å². The Kier molecular flexibility index (Phi) is 4.16. The van der Waals surface area contributed by atoms with Crippen molar-refractivity contribution < 1.29 is 19.0 Å². The molecule has 0 bridgehead atoms. The molecule has 98 valence electrons. The average molecular weight is 325 g/mol. The number of carboxylic acids is 1. The third kappa shape index (κ3) is 3.32. The topological polar surface area (TPSA) is 46.5 Å². The smallest absolute Gasteiger partial charge is 0.339 e. The molecule has 0 radical (unpaired) electrons. The minimum absolute atomic E-state index is 0.143. The molecule has 3 nitrogen and oxygen atoms in total. The van der Waals surface area contributed by atoms with Crippen molar-refractivity contribution in [3.63, 3.8) is 0 Å². The van der Waals surface area contributed by atoms with Crippen molar-refractivity contribution in [2.75, 3.05) is 0 Å². The number of carboxylic acid groups (broad SMARTS) is 1. The molecule has 0 saturated heterocycles. The average Bonchev–Trinajstić information content (AvgIpc) is 2.38. The maximum absolute atomic E-state index is 13.0. The number of ether oxygens (including phenoxy) is 1. The lowest BCUT2D eigenvalue weighted by Crippen LogP contribution is -2.04. The molecule has 0 aliphatic heterocycles. The second kappa shape index (κ2) is 5.84. The fourth-order valence-electron chi connectivity index (χ4n) is 1.57. The molecule has 0 fully saturated rings. The molecule has 0 saturated carbocycles. The van der Waals surface area contributed by atoms with Gasteiger partial charge < -0.3 is 9.84 Å². The predicted molar refractivity (Wildman–Crippen MR) is 71.8 cm³/mol. The molecule has 0 aliphatic rings. The minimum atomic E-state index is -1.22. The lowest BCUT2D eigenvalue weighted by atomic mass is 10.2. The van der Waals surface area contributed by atoms with Crippen LogP contribution in [-0.2, 0) is 6.61 Å². The van der Waals surface area contributed by atoms with Gasteiger partial charge in [0.1, 0.15) is 23.7 Å². The number of hydrogen-bond acceptors (Lipinski definition) is 2. The van der Waals surface area contributed by atoms with E-state index in [1.807, 2.05) is 24.3 Å². The number of carbonyl (C=O) groups is 1. The summed E-state index contributed by atoms with van der Waals surface area (Å²) in [5, 5.41) is 8.99. The molecule has 0 spiro atoms. The summed E-state index contributed by atoms with van der Waals surface area (Å²) in [5.41, 5.74) is 0.690. The van der Waals surface area contributed by atoms with Gasteiger partial charge in [-0.25, -0.2) is 9.18 Å². The van der Waals surface area contributed by atoms with E-state index < -0.39 is 11.8 Å². The van der Waals surface area contributed by atoms with Crippen molar-refractivity contribution in [3.8, 4) is 5.75 Å². The van der Waals surface area contributed by atoms with Gasteiger partial charge in [0, 0.05) is 10.0 Å². The molecule has 5 heteroatoms. The van der Waals surface area contributed by atoms with Crippen molar-refractivity contribution >= 4 is 21.9 Å². The molecule has 1 N–H and O–H groups in total. The fourth-order valence-corrected chi connectivity index (χ4v) is 1.97. The third-order valence-corrected chi connectivity index (χ3v) is 3.29. The van der Waals surface area contributed by atoms with E-state index in [1.54, 1.807) is 0 Å². The minimum Gasteiger partial charge on any atom is -0.488 e. The van der Waals surface area contributed by atoms with E-state index in [4.69, 9.17) is 9.84 Å². The SMILES string of the molecule is O=C(O)c1cc(F)ccc1OCc1ccccc1Br. The highest BCUT2D eigenvalue weighted by Gasteiger charge is 2.13. The molecule has 0 aromatic heterocycles. The van der Waals surface area contributed by atoms with Crippen LogP contribution in [0.15, 0.2) is 46.9 Å². The van der Waals surface area contributed by atoms with Crippen LogP contribution in [0, 0.1) is 5.82 Å². The summed E-state index contributed by atoms with van der Waals surface area (Å²) in [5.74, 6) is -1.68. The summed E-state index contributed by atoms with van der Waals surface area (Å²) in [6.07, 6.45) is 0. The van der Waals surface area contributed by atoms with Crippen molar-refractivity contribution in [1.82, 2.24) is 0 Å². The Morgan fingerprint density at radius 1 is 1.26 bits per heavy atom. The van der Waals surface area contributed by atoms with Gasteiger partial charge in [-0.15, -0.1) is 0 Å². The highest BCUT2D eigenvalue weighted by Crippen LogP contribution is 2.23. The van der Waals surface area contributed by atoms with Gasteiger partial charge in [-0.1, -0.05) is 34.1 Å². The maximum atomic E-state index is 13.0. The van der Waals surface area contributed by atoms with Crippen molar-refractivity contribution in [2.24, 2.45) is 0 Å². The molecular formula is C14H10BrFO3. The highest BCUT2D eigenvalue weighted by atomic mass is 79.9. The Balaban J connectivity index is 2.20. The molecule has 0 heterocycles. The van der Waals surface area contributed by atoms with E-state index in [9.17, 15) is 9.18 Å². The molecule has 0 amide bonds. The Morgan fingerprint density at radius 2 is 2.00 bits per heavy atom. The van der Waals surface area contributed by atoms with Crippen LogP contribution in [0.2, 0.25) is 0 Å². The Hall–Kier alpha value is -1.88. The van der Waals surface area contributed by atoms with Crippen molar-refractivity contribution in [3.05, 3.63) is 63.9 Å². The van der Waals surface area contributed by atoms with Gasteiger partial charge in [0.25, 0.3) is 0 Å². The molecule has 2 aromatic rings. The van der Waals surface area contributed by atoms with Crippen LogP contribution < -0.4 is 4.74 Å². The number of hydrogen-bond donors (Lipinski definition) is 1. The first-order valence-electron chi connectivity index (χ1n) is 5.47. The first-order valence-corrected chi connectivity index (χ1v) is 6.26. The summed E-state index contributed by atoms with van der Waals surface area (Å²) in [7, 11) is 0. The van der Waals surface area contributed by atoms with E-state index in [-0.39, 0.29) is 17.9 Å². The molecule has 19 heavy (non-hydrogen) atoms. The van der Waals surface area contributed by atoms with Crippen LogP contribution >= 0.6 is 15.9 Å². The van der Waals surface area contributed by atoms with Crippen LogP contribution in [0.25, 0.3) is 0 Å². The van der Waals surface area contributed by atoms with Gasteiger partial charge in [0.15, 0.2) is 0 Å². The zero-order valence-corrected chi connectivity index (χ0v) is 11.4. The maximum Gasteiger partial charge on any atom is 0.339 e. The second-order valence-electron chi connectivity index (χ2n) is 3.83. The molecule has 0 atom stereocenters. The molecule has 0 aliphatic carbocycles. The normalized spacial score (nSPS) is 10.2. The van der Waals surface area contributed by atoms with Crippen molar-refractivity contribution in [1.29, 1.82) is 0 Å². The summed E-state index contributed by atoms with van der Waals surface area (Å²) < 4.78 is 19.3. The molecule has 0 unspecified atom stereocenters. The summed E-state index contributed by atoms with van der Waals surface area (Å²) in [4.78, 5) is 11.0. The van der Waals surface area contributed by atoms with Crippen LogP contribution in [0.1, 0.15) is 15.9 Å². The van der Waals surface area contributed by atoms with Gasteiger partial charge >= 0.3 is 5.97 Å². The fraction of sp³-hybridized carbons (Fsp3) is 0.0714. The molecular weight excluding hydrogens is 315 g/mol. The Labute approximate surface area is 117 Å². The lowest BCUT2D eigenvalue weighted by molar-refractivity contribution is 0.0691. The summed E-state index contributed by atoms with van der Waals surface area (Å²) in [6.45, 7) is 0.202. The van der Waals surface area contributed by atoms with E-state index in [0.717, 1.165) is 16.1 Å². The van der Waals surface area contributed by atoms with E-state index >= 15 is 0 Å². The predicted octanol–water partition coefficient (Wildman–Crippen LogP) is 3.87. The second-order valence-corrected chi connectivity index (χ2v) is 4.68. The van der Waals surface area contributed by atoms with Gasteiger partial charge in [0.2, 0.25) is 0 Å². The van der Waals surface area contributed by atoms with Crippen LogP contribution in [-0.4, -0.2) is 11.1 Å². The number of rotatable bonds is 4. The summed E-state index contributed by atoms with van der Waals surface area (Å²) >= 11 is 3.37. The van der Waals surface area contributed by atoms with E-state index in [0.29, 0.717) is 0 Å². The van der Waals surface area contributed by atoms with Crippen molar-refractivity contribution in [2.45, 2.75) is 6.61 Å². The zero-order valence-electron chi connectivity index (χ0n) is 9.77. The first-order chi connectivity index (χ1) is 9.08. The van der Waals surface area contributed by atoms with Crippen LogP contribution in [0.5, 0.6) is 5.75 Å². The largest absolute Gasteiger partial charge is 0.488 e. The van der Waals surface area contributed by atoms with Gasteiger partial charge in [-0.3, -0.25) is 0 Å². The van der Waals surface area contributed by atoms with Crippen LogP contribution in [0.3, 0.4) is 0 Å². The Morgan fingerprint density at radius 3 is 2.68 bits per heavy atom. The zero-order chi connectivity index (χ0) is 13.8. The quantitative estimate of drug-likeness (QED) is 0.928. The molecule has 2 rings (SSSR count). The Bertz CT molecular complexity index is 613. The first kappa shape index (κ1) is 13.5.